The Morgan fingerprint density at radius 3 is 2.56 bits per heavy atom. The summed E-state index contributed by atoms with van der Waals surface area (Å²) in [5, 5.41) is 5.83. The zero-order valence-corrected chi connectivity index (χ0v) is 9.75. The minimum atomic E-state index is -0.0566. The summed E-state index contributed by atoms with van der Waals surface area (Å²) in [6.07, 6.45) is 0. The molecule has 16 heavy (non-hydrogen) atoms. The van der Waals surface area contributed by atoms with Crippen molar-refractivity contribution in [1.29, 1.82) is 0 Å². The van der Waals surface area contributed by atoms with Crippen LogP contribution >= 0.6 is 0 Å². The number of carbonyl (C=O) groups excluding carboxylic acids is 1. The molecule has 1 amide bonds. The van der Waals surface area contributed by atoms with Gasteiger partial charge in [-0.05, 0) is 17.7 Å². The van der Waals surface area contributed by atoms with Crippen LogP contribution in [0.1, 0.15) is 15.9 Å². The monoisotopic (exact) mass is 222 g/mol. The number of ether oxygens (including phenoxy) is 1. The molecule has 0 aromatic heterocycles. The van der Waals surface area contributed by atoms with Crippen LogP contribution in [-0.2, 0) is 11.3 Å². The molecule has 0 aliphatic rings. The van der Waals surface area contributed by atoms with Crippen molar-refractivity contribution in [2.75, 3.05) is 27.3 Å². The maximum Gasteiger partial charge on any atom is 0.251 e. The number of benzene rings is 1. The van der Waals surface area contributed by atoms with Crippen molar-refractivity contribution in [3.63, 3.8) is 0 Å². The molecule has 1 rings (SSSR count). The van der Waals surface area contributed by atoms with E-state index in [0.717, 1.165) is 18.7 Å². The molecule has 0 aliphatic carbocycles. The predicted molar refractivity (Wildman–Crippen MR) is 63.4 cm³/mol. The highest BCUT2D eigenvalue weighted by Crippen LogP contribution is 2.03. The number of methoxy groups -OCH3 is 1. The van der Waals surface area contributed by atoms with Gasteiger partial charge in [0, 0.05) is 32.8 Å². The Bertz CT molecular complexity index is 322. The Balaban J connectivity index is 2.42. The summed E-state index contributed by atoms with van der Waals surface area (Å²) in [5.74, 6) is -0.0566. The van der Waals surface area contributed by atoms with E-state index in [9.17, 15) is 4.79 Å². The number of nitrogens with one attached hydrogen (secondary N) is 2. The number of hydrogen-bond donors (Lipinski definition) is 2. The minimum Gasteiger partial charge on any atom is -0.383 e. The first-order valence-corrected chi connectivity index (χ1v) is 5.28. The van der Waals surface area contributed by atoms with Gasteiger partial charge in [0.2, 0.25) is 0 Å². The van der Waals surface area contributed by atoms with Gasteiger partial charge in [0.05, 0.1) is 6.61 Å². The maximum absolute atomic E-state index is 11.3. The first kappa shape index (κ1) is 12.7. The highest BCUT2D eigenvalue weighted by Gasteiger charge is 2.01. The zero-order valence-electron chi connectivity index (χ0n) is 9.75. The van der Waals surface area contributed by atoms with E-state index in [1.165, 1.54) is 0 Å². The summed E-state index contributed by atoms with van der Waals surface area (Å²) in [6, 6.07) is 7.55. The molecule has 0 saturated heterocycles. The largest absolute Gasteiger partial charge is 0.383 e. The van der Waals surface area contributed by atoms with Gasteiger partial charge in [-0.2, -0.15) is 0 Å². The molecule has 1 aromatic carbocycles. The third-order valence-corrected chi connectivity index (χ3v) is 2.26. The molecule has 0 atom stereocenters. The Labute approximate surface area is 96.0 Å². The van der Waals surface area contributed by atoms with Crippen LogP contribution < -0.4 is 10.6 Å². The highest BCUT2D eigenvalue weighted by molar-refractivity contribution is 5.93. The van der Waals surface area contributed by atoms with E-state index in [-0.39, 0.29) is 5.91 Å². The van der Waals surface area contributed by atoms with Crippen LogP contribution in [0.25, 0.3) is 0 Å². The average molecular weight is 222 g/mol. The molecule has 0 fully saturated rings. The Kier molecular flexibility index (Phi) is 5.53. The molecule has 4 nitrogen and oxygen atoms in total. The van der Waals surface area contributed by atoms with E-state index in [0.29, 0.717) is 12.2 Å². The number of carbonyl (C=O) groups is 1. The fourth-order valence-corrected chi connectivity index (χ4v) is 1.33. The van der Waals surface area contributed by atoms with Crippen LogP contribution in [0.3, 0.4) is 0 Å². The summed E-state index contributed by atoms with van der Waals surface area (Å²) in [4.78, 5) is 11.3. The van der Waals surface area contributed by atoms with E-state index in [2.05, 4.69) is 10.6 Å². The Hall–Kier alpha value is -1.39. The topological polar surface area (TPSA) is 50.4 Å². The Morgan fingerprint density at radius 1 is 1.31 bits per heavy atom. The van der Waals surface area contributed by atoms with E-state index in [1.54, 1.807) is 14.2 Å². The van der Waals surface area contributed by atoms with E-state index >= 15 is 0 Å². The summed E-state index contributed by atoms with van der Waals surface area (Å²) in [7, 11) is 3.31. The average Bonchev–Trinajstić information content (AvgIpc) is 2.34. The second-order valence-electron chi connectivity index (χ2n) is 3.45. The van der Waals surface area contributed by atoms with Gasteiger partial charge in [-0.25, -0.2) is 0 Å². The third-order valence-electron chi connectivity index (χ3n) is 2.26. The maximum atomic E-state index is 11.3. The number of amides is 1. The van der Waals surface area contributed by atoms with Crippen LogP contribution in [0.15, 0.2) is 24.3 Å². The van der Waals surface area contributed by atoms with Crippen molar-refractivity contribution in [2.45, 2.75) is 6.54 Å². The highest BCUT2D eigenvalue weighted by atomic mass is 16.5. The summed E-state index contributed by atoms with van der Waals surface area (Å²) >= 11 is 0. The summed E-state index contributed by atoms with van der Waals surface area (Å²) in [6.45, 7) is 2.32. The molecule has 0 saturated carbocycles. The molecule has 0 bridgehead atoms. The van der Waals surface area contributed by atoms with Crippen molar-refractivity contribution in [1.82, 2.24) is 10.6 Å². The lowest BCUT2D eigenvalue weighted by Crippen LogP contribution is -2.19. The molecule has 0 spiro atoms. The van der Waals surface area contributed by atoms with E-state index in [1.807, 2.05) is 24.3 Å². The molecular formula is C12H18N2O2. The lowest BCUT2D eigenvalue weighted by molar-refractivity contribution is 0.0963. The normalized spacial score (nSPS) is 10.1. The summed E-state index contributed by atoms with van der Waals surface area (Å²) in [5.41, 5.74) is 1.84. The fraction of sp³-hybridized carbons (Fsp3) is 0.417. The smallest absolute Gasteiger partial charge is 0.251 e. The second-order valence-corrected chi connectivity index (χ2v) is 3.45. The summed E-state index contributed by atoms with van der Waals surface area (Å²) < 4.78 is 4.93. The van der Waals surface area contributed by atoms with Gasteiger partial charge in [0.1, 0.15) is 0 Å². The van der Waals surface area contributed by atoms with Crippen molar-refractivity contribution >= 4 is 5.91 Å². The zero-order chi connectivity index (χ0) is 11.8. The van der Waals surface area contributed by atoms with E-state index < -0.39 is 0 Å². The van der Waals surface area contributed by atoms with Gasteiger partial charge in [0.25, 0.3) is 5.91 Å². The molecule has 0 radical (unpaired) electrons. The molecule has 2 N–H and O–H groups in total. The molecule has 0 heterocycles. The van der Waals surface area contributed by atoms with Gasteiger partial charge in [-0.3, -0.25) is 4.79 Å². The van der Waals surface area contributed by atoms with Gasteiger partial charge >= 0.3 is 0 Å². The molecule has 4 heteroatoms. The standard InChI is InChI=1S/C12H18N2O2/c1-13-12(15)11-5-3-10(4-6-11)9-14-7-8-16-2/h3-6,14H,7-9H2,1-2H3,(H,13,15). The van der Waals surface area contributed by atoms with Crippen molar-refractivity contribution < 1.29 is 9.53 Å². The van der Waals surface area contributed by atoms with Gasteiger partial charge in [0.15, 0.2) is 0 Å². The minimum absolute atomic E-state index is 0.0566. The molecule has 88 valence electrons. The Morgan fingerprint density at radius 2 is 2.00 bits per heavy atom. The first-order chi connectivity index (χ1) is 7.77. The van der Waals surface area contributed by atoms with Gasteiger partial charge in [-0.1, -0.05) is 12.1 Å². The second kappa shape index (κ2) is 6.98. The predicted octanol–water partition coefficient (Wildman–Crippen LogP) is 0.782. The fourth-order valence-electron chi connectivity index (χ4n) is 1.33. The van der Waals surface area contributed by atoms with Crippen molar-refractivity contribution in [3.8, 4) is 0 Å². The first-order valence-electron chi connectivity index (χ1n) is 5.28. The third kappa shape index (κ3) is 4.00. The number of rotatable bonds is 6. The number of hydrogen-bond acceptors (Lipinski definition) is 3. The van der Waals surface area contributed by atoms with Gasteiger partial charge < -0.3 is 15.4 Å². The van der Waals surface area contributed by atoms with Crippen LogP contribution in [0.4, 0.5) is 0 Å². The van der Waals surface area contributed by atoms with Crippen LogP contribution in [-0.4, -0.2) is 33.2 Å². The van der Waals surface area contributed by atoms with E-state index in [4.69, 9.17) is 4.74 Å². The molecule has 1 aromatic rings. The van der Waals surface area contributed by atoms with Crippen LogP contribution in [0.2, 0.25) is 0 Å². The van der Waals surface area contributed by atoms with Crippen molar-refractivity contribution in [2.24, 2.45) is 0 Å². The van der Waals surface area contributed by atoms with Crippen molar-refractivity contribution in [3.05, 3.63) is 35.4 Å². The quantitative estimate of drug-likeness (QED) is 0.699. The lowest BCUT2D eigenvalue weighted by atomic mass is 10.1. The lowest BCUT2D eigenvalue weighted by Gasteiger charge is -2.05. The molecule has 0 aliphatic heterocycles. The van der Waals surface area contributed by atoms with Crippen LogP contribution in [0, 0.1) is 0 Å². The van der Waals surface area contributed by atoms with Crippen LogP contribution in [0.5, 0.6) is 0 Å². The molecular weight excluding hydrogens is 204 g/mol. The molecule has 0 unspecified atom stereocenters. The SMILES string of the molecule is CNC(=O)c1ccc(CNCCOC)cc1. The van der Waals surface area contributed by atoms with Gasteiger partial charge in [-0.15, -0.1) is 0 Å².